The van der Waals surface area contributed by atoms with Gasteiger partial charge in [-0.05, 0) is 11.6 Å². The van der Waals surface area contributed by atoms with Gasteiger partial charge in [0, 0.05) is 18.8 Å². The van der Waals surface area contributed by atoms with Crippen LogP contribution in [0.15, 0.2) is 30.6 Å². The second kappa shape index (κ2) is 7.93. The van der Waals surface area contributed by atoms with Crippen LogP contribution in [-0.2, 0) is 10.9 Å². The first-order chi connectivity index (χ1) is 12.8. The lowest BCUT2D eigenvalue weighted by Gasteiger charge is -2.24. The Bertz CT molecular complexity index is 811. The van der Waals surface area contributed by atoms with Gasteiger partial charge in [0.15, 0.2) is 0 Å². The number of morpholine rings is 1. The van der Waals surface area contributed by atoms with E-state index in [9.17, 15) is 18.0 Å². The number of rotatable bonds is 3. The van der Waals surface area contributed by atoms with Crippen LogP contribution in [0.2, 0.25) is 0 Å². The number of aromatic nitrogens is 2. The monoisotopic (exact) mass is 377 g/mol. The van der Waals surface area contributed by atoms with Gasteiger partial charge in [-0.2, -0.15) is 13.2 Å². The van der Waals surface area contributed by atoms with Crippen LogP contribution in [0.25, 0.3) is 0 Å². The second-order valence-electron chi connectivity index (χ2n) is 5.78. The van der Waals surface area contributed by atoms with Gasteiger partial charge in [0.25, 0.3) is 0 Å². The van der Waals surface area contributed by atoms with Gasteiger partial charge in [-0.1, -0.05) is 17.6 Å². The number of alkyl halides is 3. The maximum Gasteiger partial charge on any atom is 0.451 e. The largest absolute Gasteiger partial charge is 0.451 e. The van der Waals surface area contributed by atoms with Crippen LogP contribution in [0.3, 0.4) is 0 Å². The number of urea groups is 1. The van der Waals surface area contributed by atoms with Crippen LogP contribution in [0, 0.1) is 0 Å². The van der Waals surface area contributed by atoms with E-state index in [1.54, 1.807) is 18.2 Å². The van der Waals surface area contributed by atoms with E-state index in [0.717, 1.165) is 24.5 Å². The summed E-state index contributed by atoms with van der Waals surface area (Å²) in [4.78, 5) is 18.3. The van der Waals surface area contributed by atoms with Crippen molar-refractivity contribution in [3.05, 3.63) is 42.0 Å². The minimum absolute atomic E-state index is 0.0115. The predicted molar refractivity (Wildman–Crippen MR) is 93.1 cm³/mol. The number of halogens is 3. The zero-order valence-corrected chi connectivity index (χ0v) is 14.0. The summed E-state index contributed by atoms with van der Waals surface area (Å²) < 4.78 is 42.9. The number of ether oxygens (including phenoxy) is 1. The Morgan fingerprint density at radius 3 is 2.59 bits per heavy atom. The average Bonchev–Trinajstić information content (AvgIpc) is 2.64. The van der Waals surface area contributed by atoms with E-state index in [4.69, 9.17) is 12.6 Å². The molecule has 1 saturated heterocycles. The number of amides is 2. The summed E-state index contributed by atoms with van der Waals surface area (Å²) in [6.07, 6.45) is -3.02. The van der Waals surface area contributed by atoms with Gasteiger partial charge >= 0.3 is 12.2 Å². The molecule has 7 nitrogen and oxygen atoms in total. The molecule has 1 aromatic carbocycles. The van der Waals surface area contributed by atoms with E-state index >= 15 is 0 Å². The summed E-state index contributed by atoms with van der Waals surface area (Å²) in [7, 11) is 5.97. The molecule has 140 valence electrons. The lowest BCUT2D eigenvalue weighted by atomic mass is 9.90. The molecule has 2 radical (unpaired) electrons. The lowest BCUT2D eigenvalue weighted by Crippen LogP contribution is -2.33. The molecular weight excluding hydrogens is 362 g/mol. The van der Waals surface area contributed by atoms with Crippen LogP contribution in [-0.4, -0.2) is 43.5 Å². The molecule has 0 aliphatic carbocycles. The van der Waals surface area contributed by atoms with E-state index in [0.29, 0.717) is 24.3 Å². The first-order valence-electron chi connectivity index (χ1n) is 8.02. The molecule has 0 unspecified atom stereocenters. The fraction of sp³-hybridized carbons (Fsp3) is 0.312. The highest BCUT2D eigenvalue weighted by Crippen LogP contribution is 2.25. The van der Waals surface area contributed by atoms with Crippen molar-refractivity contribution in [3.8, 4) is 0 Å². The first kappa shape index (κ1) is 19.1. The summed E-state index contributed by atoms with van der Waals surface area (Å²) in [5.74, 6) is -1.28. The Balaban J connectivity index is 1.62. The van der Waals surface area contributed by atoms with Crippen LogP contribution in [0.4, 0.5) is 29.3 Å². The molecule has 1 aromatic heterocycles. The predicted octanol–water partition coefficient (Wildman–Crippen LogP) is 1.59. The van der Waals surface area contributed by atoms with Crippen LogP contribution in [0.1, 0.15) is 17.5 Å². The second-order valence-corrected chi connectivity index (χ2v) is 5.78. The molecule has 0 bridgehead atoms. The van der Waals surface area contributed by atoms with Crippen molar-refractivity contribution in [2.45, 2.75) is 12.3 Å². The summed E-state index contributed by atoms with van der Waals surface area (Å²) in [5, 5.41) is 8.08. The number of nitrogens with zero attached hydrogens (tertiary/aromatic N) is 2. The Kier molecular flexibility index (Phi) is 5.61. The summed E-state index contributed by atoms with van der Waals surface area (Å²) in [5.41, 5.74) is 1.58. The average molecular weight is 377 g/mol. The van der Waals surface area contributed by atoms with Gasteiger partial charge in [0.2, 0.25) is 5.82 Å². The molecule has 1 aliphatic rings. The minimum Gasteiger partial charge on any atom is -0.371 e. The summed E-state index contributed by atoms with van der Waals surface area (Å²) >= 11 is 0. The Hall–Kier alpha value is -2.66. The molecule has 0 spiro atoms. The van der Waals surface area contributed by atoms with Crippen molar-refractivity contribution >= 4 is 30.7 Å². The van der Waals surface area contributed by atoms with Crippen molar-refractivity contribution in [3.63, 3.8) is 0 Å². The molecular formula is C16H15BF3N5O2. The van der Waals surface area contributed by atoms with Gasteiger partial charge in [-0.15, -0.1) is 0 Å². The molecule has 11 heteroatoms. The summed E-state index contributed by atoms with van der Waals surface area (Å²) in [6, 6.07) is 4.43. The van der Waals surface area contributed by atoms with Crippen LogP contribution >= 0.6 is 0 Å². The third kappa shape index (κ3) is 4.95. The Labute approximate surface area is 154 Å². The van der Waals surface area contributed by atoms with Crippen molar-refractivity contribution < 1.29 is 22.7 Å². The molecule has 27 heavy (non-hydrogen) atoms. The third-order valence-electron chi connectivity index (χ3n) is 3.79. The molecule has 1 aliphatic heterocycles. The van der Waals surface area contributed by atoms with Crippen molar-refractivity contribution in [2.75, 3.05) is 30.3 Å². The minimum atomic E-state index is -4.64. The van der Waals surface area contributed by atoms with Crippen LogP contribution in [0.5, 0.6) is 0 Å². The van der Waals surface area contributed by atoms with Gasteiger partial charge in [-0.25, -0.2) is 14.8 Å². The van der Waals surface area contributed by atoms with Gasteiger partial charge < -0.3 is 20.7 Å². The van der Waals surface area contributed by atoms with E-state index in [-0.39, 0.29) is 11.8 Å². The number of benzene rings is 1. The fourth-order valence-corrected chi connectivity index (χ4v) is 2.50. The zero-order valence-electron chi connectivity index (χ0n) is 14.0. The zero-order chi connectivity index (χ0) is 19.4. The van der Waals surface area contributed by atoms with Gasteiger partial charge in [0.05, 0.1) is 30.8 Å². The topological polar surface area (TPSA) is 88.2 Å². The molecule has 0 saturated carbocycles. The SMILES string of the molecule is [B]c1cc([C@H]2CNCCO2)ccc1NC(=O)Nc1cnc(C(F)(F)F)nc1. The number of hydrogen-bond donors (Lipinski definition) is 3. The maximum absolute atomic E-state index is 12.4. The quantitative estimate of drug-likeness (QED) is 0.708. The molecule has 2 heterocycles. The normalized spacial score (nSPS) is 17.4. The van der Waals surface area contributed by atoms with E-state index in [2.05, 4.69) is 25.9 Å². The van der Waals surface area contributed by atoms with Gasteiger partial charge in [0.1, 0.15) is 7.85 Å². The molecule has 1 fully saturated rings. The fourth-order valence-electron chi connectivity index (χ4n) is 2.50. The highest BCUT2D eigenvalue weighted by Gasteiger charge is 2.34. The maximum atomic E-state index is 12.4. The highest BCUT2D eigenvalue weighted by molar-refractivity contribution is 6.36. The molecule has 3 N–H and O–H groups in total. The number of hydrogen-bond acceptors (Lipinski definition) is 5. The van der Waals surface area contributed by atoms with Crippen LogP contribution < -0.4 is 21.4 Å². The number of anilines is 2. The van der Waals surface area contributed by atoms with E-state index in [1.807, 2.05) is 0 Å². The molecule has 3 rings (SSSR count). The van der Waals surface area contributed by atoms with E-state index in [1.165, 1.54) is 0 Å². The lowest BCUT2D eigenvalue weighted by molar-refractivity contribution is -0.144. The van der Waals surface area contributed by atoms with Crippen molar-refractivity contribution in [1.29, 1.82) is 0 Å². The first-order valence-corrected chi connectivity index (χ1v) is 8.02. The Morgan fingerprint density at radius 2 is 2.00 bits per heavy atom. The molecule has 2 amide bonds. The van der Waals surface area contributed by atoms with E-state index < -0.39 is 18.0 Å². The molecule has 1 atom stereocenters. The summed E-state index contributed by atoms with van der Waals surface area (Å²) in [6.45, 7) is 2.06. The van der Waals surface area contributed by atoms with Gasteiger partial charge in [-0.3, -0.25) is 0 Å². The smallest absolute Gasteiger partial charge is 0.371 e. The van der Waals surface area contributed by atoms with Crippen molar-refractivity contribution in [2.24, 2.45) is 0 Å². The van der Waals surface area contributed by atoms with Crippen molar-refractivity contribution in [1.82, 2.24) is 15.3 Å². The number of carbonyl (C=O) groups excluding carboxylic acids is 1. The standard InChI is InChI=1S/C16H15BF3N5O2/c17-11-5-9(13-8-21-3-4-27-13)1-2-12(11)25-15(26)24-10-6-22-14(23-7-10)16(18,19)20/h1-2,5-7,13,21H,3-4,8H2,(H2,24,25,26)/t13-/m1/s1. The number of nitrogens with one attached hydrogen (secondary N) is 3. The highest BCUT2D eigenvalue weighted by atomic mass is 19.4. The molecule has 2 aromatic rings. The Morgan fingerprint density at radius 1 is 1.26 bits per heavy atom. The third-order valence-corrected chi connectivity index (χ3v) is 3.79. The number of carbonyl (C=O) groups is 1.